The van der Waals surface area contributed by atoms with Gasteiger partial charge in [-0.25, -0.2) is 13.5 Å². The predicted molar refractivity (Wildman–Crippen MR) is 82.0 cm³/mol. The van der Waals surface area contributed by atoms with Crippen molar-refractivity contribution in [1.29, 1.82) is 0 Å². The zero-order valence-corrected chi connectivity index (χ0v) is 12.4. The van der Waals surface area contributed by atoms with Crippen molar-refractivity contribution in [3.63, 3.8) is 0 Å². The number of amides is 1. The van der Waals surface area contributed by atoms with Gasteiger partial charge in [-0.2, -0.15) is 0 Å². The number of hydrogen-bond donors (Lipinski definition) is 1. The van der Waals surface area contributed by atoms with Gasteiger partial charge >= 0.3 is 0 Å². The minimum absolute atomic E-state index is 0.104. The average Bonchev–Trinajstić information content (AvgIpc) is 3.10. The highest BCUT2D eigenvalue weighted by atomic mass is 19.1. The zero-order chi connectivity index (χ0) is 16.9. The number of carbonyl (C=O) groups excluding carboxylic acids is 1. The van der Waals surface area contributed by atoms with Gasteiger partial charge in [-0.05, 0) is 28.1 Å². The molecule has 0 radical (unpaired) electrons. The van der Waals surface area contributed by atoms with Gasteiger partial charge in [0.05, 0.1) is 5.69 Å². The molecule has 1 atom stereocenters. The van der Waals surface area contributed by atoms with E-state index in [0.29, 0.717) is 12.5 Å². The molecule has 0 saturated heterocycles. The highest BCUT2D eigenvalue weighted by Gasteiger charge is 2.23. The Morgan fingerprint density at radius 3 is 2.62 bits per heavy atom. The standard InChI is InChI=1S/C16H13F2N5O/c17-12-6-7-14(13(18)9-12)20-16(24)15(23-10-19-21-22-23)8-11-4-2-1-3-5-11/h1-7,9-10,15H,8H2,(H,20,24). The summed E-state index contributed by atoms with van der Waals surface area (Å²) in [4.78, 5) is 12.6. The lowest BCUT2D eigenvalue weighted by Crippen LogP contribution is -2.28. The number of nitrogens with zero attached hydrogens (tertiary/aromatic N) is 4. The summed E-state index contributed by atoms with van der Waals surface area (Å²) in [5.41, 5.74) is 0.792. The molecule has 3 aromatic rings. The second-order valence-corrected chi connectivity index (χ2v) is 5.11. The molecule has 1 amide bonds. The SMILES string of the molecule is O=C(Nc1ccc(F)cc1F)C(Cc1ccccc1)n1cnnn1. The molecule has 0 aliphatic carbocycles. The molecule has 0 spiro atoms. The van der Waals surface area contributed by atoms with E-state index < -0.39 is 23.6 Å². The second kappa shape index (κ2) is 6.95. The van der Waals surface area contributed by atoms with E-state index in [1.54, 1.807) is 0 Å². The number of tetrazole rings is 1. The Hall–Kier alpha value is -3.16. The van der Waals surface area contributed by atoms with Crippen LogP contribution >= 0.6 is 0 Å². The van der Waals surface area contributed by atoms with Gasteiger partial charge < -0.3 is 5.32 Å². The van der Waals surface area contributed by atoms with Gasteiger partial charge in [0.1, 0.15) is 24.0 Å². The topological polar surface area (TPSA) is 72.7 Å². The van der Waals surface area contributed by atoms with Crippen LogP contribution in [-0.4, -0.2) is 26.1 Å². The average molecular weight is 329 g/mol. The van der Waals surface area contributed by atoms with Crippen molar-refractivity contribution in [2.24, 2.45) is 0 Å². The summed E-state index contributed by atoms with van der Waals surface area (Å²) in [7, 11) is 0. The number of nitrogens with one attached hydrogen (secondary N) is 1. The van der Waals surface area contributed by atoms with E-state index in [4.69, 9.17) is 0 Å². The van der Waals surface area contributed by atoms with Crippen molar-refractivity contribution in [2.45, 2.75) is 12.5 Å². The number of hydrogen-bond acceptors (Lipinski definition) is 4. The molecule has 1 heterocycles. The predicted octanol–water partition coefficient (Wildman–Crippen LogP) is 2.37. The lowest BCUT2D eigenvalue weighted by atomic mass is 10.1. The lowest BCUT2D eigenvalue weighted by molar-refractivity contribution is -0.119. The van der Waals surface area contributed by atoms with Crippen molar-refractivity contribution in [2.75, 3.05) is 5.32 Å². The van der Waals surface area contributed by atoms with E-state index in [1.807, 2.05) is 30.3 Å². The highest BCUT2D eigenvalue weighted by Crippen LogP contribution is 2.19. The van der Waals surface area contributed by atoms with Crippen molar-refractivity contribution < 1.29 is 13.6 Å². The Balaban J connectivity index is 1.83. The van der Waals surface area contributed by atoms with Crippen LogP contribution in [0.5, 0.6) is 0 Å². The summed E-state index contributed by atoms with van der Waals surface area (Å²) in [5, 5.41) is 13.3. The van der Waals surface area contributed by atoms with Crippen molar-refractivity contribution in [3.8, 4) is 0 Å². The third-order valence-electron chi connectivity index (χ3n) is 3.45. The first kappa shape index (κ1) is 15.7. The Morgan fingerprint density at radius 2 is 1.96 bits per heavy atom. The molecule has 0 saturated carbocycles. The maximum absolute atomic E-state index is 13.7. The fourth-order valence-electron chi connectivity index (χ4n) is 2.26. The van der Waals surface area contributed by atoms with Crippen molar-refractivity contribution >= 4 is 11.6 Å². The van der Waals surface area contributed by atoms with E-state index in [1.165, 1.54) is 17.1 Å². The van der Waals surface area contributed by atoms with Gasteiger partial charge in [0.2, 0.25) is 5.91 Å². The van der Waals surface area contributed by atoms with E-state index in [0.717, 1.165) is 11.6 Å². The Morgan fingerprint density at radius 1 is 1.17 bits per heavy atom. The maximum Gasteiger partial charge on any atom is 0.249 e. The summed E-state index contributed by atoms with van der Waals surface area (Å²) >= 11 is 0. The first-order chi connectivity index (χ1) is 11.6. The molecule has 0 fully saturated rings. The van der Waals surface area contributed by atoms with Gasteiger partial charge in [0, 0.05) is 12.5 Å². The minimum Gasteiger partial charge on any atom is -0.322 e. The molecule has 3 rings (SSSR count). The van der Waals surface area contributed by atoms with Crippen LogP contribution in [0.1, 0.15) is 11.6 Å². The van der Waals surface area contributed by atoms with Crippen LogP contribution in [0.4, 0.5) is 14.5 Å². The van der Waals surface area contributed by atoms with Gasteiger partial charge in [0.15, 0.2) is 0 Å². The minimum atomic E-state index is -0.849. The molecule has 24 heavy (non-hydrogen) atoms. The van der Waals surface area contributed by atoms with Crippen LogP contribution in [-0.2, 0) is 11.2 Å². The molecule has 0 aliphatic heterocycles. The van der Waals surface area contributed by atoms with Gasteiger partial charge in [-0.15, -0.1) is 5.10 Å². The number of halogens is 2. The normalized spacial score (nSPS) is 11.9. The van der Waals surface area contributed by atoms with Crippen LogP contribution in [0.2, 0.25) is 0 Å². The highest BCUT2D eigenvalue weighted by molar-refractivity contribution is 5.93. The van der Waals surface area contributed by atoms with Gasteiger partial charge in [-0.1, -0.05) is 30.3 Å². The first-order valence-electron chi connectivity index (χ1n) is 7.16. The monoisotopic (exact) mass is 329 g/mol. The number of rotatable bonds is 5. The second-order valence-electron chi connectivity index (χ2n) is 5.11. The van der Waals surface area contributed by atoms with Crippen LogP contribution < -0.4 is 5.32 Å². The smallest absolute Gasteiger partial charge is 0.249 e. The molecule has 0 aliphatic rings. The van der Waals surface area contributed by atoms with Crippen molar-refractivity contribution in [3.05, 3.63) is 72.1 Å². The summed E-state index contributed by atoms with van der Waals surface area (Å²) in [5.74, 6) is -2.07. The fourth-order valence-corrected chi connectivity index (χ4v) is 2.26. The third-order valence-corrected chi connectivity index (χ3v) is 3.45. The molecule has 1 unspecified atom stereocenters. The summed E-state index contributed by atoms with van der Waals surface area (Å²) in [6.45, 7) is 0. The summed E-state index contributed by atoms with van der Waals surface area (Å²) < 4.78 is 28.0. The fraction of sp³-hybridized carbons (Fsp3) is 0.125. The summed E-state index contributed by atoms with van der Waals surface area (Å²) in [6, 6.07) is 11.5. The molecule has 122 valence electrons. The molecule has 2 aromatic carbocycles. The molecule has 1 aromatic heterocycles. The molecular formula is C16H13F2N5O. The molecular weight excluding hydrogens is 316 g/mol. The van der Waals surface area contributed by atoms with Gasteiger partial charge in [0.25, 0.3) is 0 Å². The molecule has 1 N–H and O–H groups in total. The number of aromatic nitrogens is 4. The summed E-state index contributed by atoms with van der Waals surface area (Å²) in [6.07, 6.45) is 1.63. The Labute approximate surface area is 136 Å². The van der Waals surface area contributed by atoms with Crippen molar-refractivity contribution in [1.82, 2.24) is 20.2 Å². The Bertz CT molecular complexity index is 824. The van der Waals surface area contributed by atoms with Crippen LogP contribution in [0.25, 0.3) is 0 Å². The third kappa shape index (κ3) is 3.60. The first-order valence-corrected chi connectivity index (χ1v) is 7.16. The van der Waals surface area contributed by atoms with E-state index in [2.05, 4.69) is 20.8 Å². The van der Waals surface area contributed by atoms with E-state index in [9.17, 15) is 13.6 Å². The largest absolute Gasteiger partial charge is 0.322 e. The maximum atomic E-state index is 13.7. The van der Waals surface area contributed by atoms with E-state index >= 15 is 0 Å². The quantitative estimate of drug-likeness (QED) is 0.780. The molecule has 6 nitrogen and oxygen atoms in total. The van der Waals surface area contributed by atoms with Crippen LogP contribution in [0.15, 0.2) is 54.9 Å². The van der Waals surface area contributed by atoms with Crippen LogP contribution in [0.3, 0.4) is 0 Å². The number of benzene rings is 2. The number of carbonyl (C=O) groups is 1. The number of anilines is 1. The lowest BCUT2D eigenvalue weighted by Gasteiger charge is -2.16. The van der Waals surface area contributed by atoms with Gasteiger partial charge in [-0.3, -0.25) is 4.79 Å². The zero-order valence-electron chi connectivity index (χ0n) is 12.4. The molecule has 0 bridgehead atoms. The van der Waals surface area contributed by atoms with E-state index in [-0.39, 0.29) is 5.69 Å². The van der Waals surface area contributed by atoms with Crippen LogP contribution in [0, 0.1) is 11.6 Å². The molecule has 8 heteroatoms. The Kier molecular flexibility index (Phi) is 4.55.